The van der Waals surface area contributed by atoms with Crippen LogP contribution >= 0.6 is 0 Å². The number of hydrogen-bond donors (Lipinski definition) is 3. The molecule has 0 fully saturated rings. The molecule has 0 bridgehead atoms. The van der Waals surface area contributed by atoms with E-state index in [1.807, 2.05) is 32.0 Å². The van der Waals surface area contributed by atoms with Crippen molar-refractivity contribution in [2.75, 3.05) is 17.2 Å². The topological polar surface area (TPSA) is 79.5 Å². The van der Waals surface area contributed by atoms with Crippen LogP contribution in [-0.4, -0.2) is 18.4 Å². The lowest BCUT2D eigenvalue weighted by molar-refractivity contribution is -0.114. The normalized spacial score (nSPS) is 11.4. The number of carbonyl (C=O) groups is 1. The summed E-state index contributed by atoms with van der Waals surface area (Å²) in [5.41, 5.74) is 8.33. The molecule has 4 N–H and O–H groups in total. The zero-order valence-corrected chi connectivity index (χ0v) is 15.1. The molecule has 0 aromatic heterocycles. The lowest BCUT2D eigenvalue weighted by Gasteiger charge is -2.14. The van der Waals surface area contributed by atoms with E-state index in [2.05, 4.69) is 15.6 Å². The van der Waals surface area contributed by atoms with Gasteiger partial charge in [-0.15, -0.1) is 0 Å². The summed E-state index contributed by atoms with van der Waals surface area (Å²) >= 11 is 0. The molecule has 144 valence electrons. The van der Waals surface area contributed by atoms with Gasteiger partial charge in [0.1, 0.15) is 6.54 Å². The molecule has 2 aromatic rings. The molecular formula is C19H21F3N4O. The third-order valence-corrected chi connectivity index (χ3v) is 3.95. The van der Waals surface area contributed by atoms with Crippen LogP contribution in [0.25, 0.3) is 0 Å². The van der Waals surface area contributed by atoms with Crippen LogP contribution in [0.4, 0.5) is 24.5 Å². The number of halogens is 3. The number of benzene rings is 2. The Morgan fingerprint density at radius 2 is 1.63 bits per heavy atom. The van der Waals surface area contributed by atoms with Gasteiger partial charge in [-0.1, -0.05) is 32.0 Å². The zero-order valence-electron chi connectivity index (χ0n) is 15.1. The minimum absolute atomic E-state index is 0.0199. The number of rotatable bonds is 6. The van der Waals surface area contributed by atoms with Crippen molar-refractivity contribution in [3.63, 3.8) is 0 Å². The Labute approximate surface area is 155 Å². The number of para-hydroxylation sites is 1. The number of aliphatic imine (C=N–C) groups is 1. The monoisotopic (exact) mass is 378 g/mol. The molecule has 0 unspecified atom stereocenters. The summed E-state index contributed by atoms with van der Waals surface area (Å²) in [7, 11) is 0. The van der Waals surface area contributed by atoms with E-state index in [1.165, 1.54) is 0 Å². The van der Waals surface area contributed by atoms with Gasteiger partial charge in [0, 0.05) is 5.69 Å². The third-order valence-electron chi connectivity index (χ3n) is 3.95. The standard InChI is InChI=1S/C19H21F3N4O/c1-3-11-6-5-7-12(4-2)18(11)26-19(23)24-10-15(27)25-14-9-8-13(20)16(21)17(14)22/h5-9H,3-4,10H2,1-2H3,(H,25,27)(H3,23,24,26). The average Bonchev–Trinajstić information content (AvgIpc) is 2.67. The quantitative estimate of drug-likeness (QED) is 0.408. The minimum Gasteiger partial charge on any atom is -0.370 e. The van der Waals surface area contributed by atoms with Crippen molar-refractivity contribution in [1.29, 1.82) is 0 Å². The molecule has 0 radical (unpaired) electrons. The molecule has 0 saturated heterocycles. The van der Waals surface area contributed by atoms with E-state index >= 15 is 0 Å². The Balaban J connectivity index is 2.06. The van der Waals surface area contributed by atoms with E-state index in [4.69, 9.17) is 5.73 Å². The van der Waals surface area contributed by atoms with Crippen molar-refractivity contribution in [2.24, 2.45) is 10.7 Å². The number of hydrogen-bond acceptors (Lipinski definition) is 2. The van der Waals surface area contributed by atoms with Gasteiger partial charge in [0.05, 0.1) is 5.69 Å². The summed E-state index contributed by atoms with van der Waals surface area (Å²) in [6.45, 7) is 3.61. The fraction of sp³-hybridized carbons (Fsp3) is 0.263. The van der Waals surface area contributed by atoms with E-state index in [0.717, 1.165) is 41.8 Å². The van der Waals surface area contributed by atoms with E-state index in [1.54, 1.807) is 0 Å². The lowest BCUT2D eigenvalue weighted by atomic mass is 10.0. The first-order chi connectivity index (χ1) is 12.9. The minimum atomic E-state index is -1.65. The molecular weight excluding hydrogens is 357 g/mol. The van der Waals surface area contributed by atoms with Crippen molar-refractivity contribution in [1.82, 2.24) is 0 Å². The third kappa shape index (κ3) is 4.99. The number of nitrogens with zero attached hydrogens (tertiary/aromatic N) is 1. The van der Waals surface area contributed by atoms with Crippen molar-refractivity contribution in [3.05, 3.63) is 58.9 Å². The van der Waals surface area contributed by atoms with E-state index in [0.29, 0.717) is 0 Å². The molecule has 5 nitrogen and oxygen atoms in total. The molecule has 0 aliphatic rings. The van der Waals surface area contributed by atoms with Crippen LogP contribution in [0.2, 0.25) is 0 Å². The van der Waals surface area contributed by atoms with Gasteiger partial charge < -0.3 is 16.4 Å². The highest BCUT2D eigenvalue weighted by atomic mass is 19.2. The molecule has 1 amide bonds. The van der Waals surface area contributed by atoms with Crippen molar-refractivity contribution in [3.8, 4) is 0 Å². The first-order valence-electron chi connectivity index (χ1n) is 8.48. The van der Waals surface area contributed by atoms with Gasteiger partial charge in [0.15, 0.2) is 23.4 Å². The van der Waals surface area contributed by atoms with Crippen LogP contribution in [-0.2, 0) is 17.6 Å². The van der Waals surface area contributed by atoms with E-state index in [-0.39, 0.29) is 5.96 Å². The maximum Gasteiger partial charge on any atom is 0.246 e. The molecule has 8 heteroatoms. The van der Waals surface area contributed by atoms with Crippen LogP contribution in [0.1, 0.15) is 25.0 Å². The summed E-state index contributed by atoms with van der Waals surface area (Å²) in [6.07, 6.45) is 1.58. The highest BCUT2D eigenvalue weighted by Crippen LogP contribution is 2.22. The first kappa shape index (κ1) is 20.3. The summed E-state index contributed by atoms with van der Waals surface area (Å²) in [6, 6.07) is 7.55. The van der Waals surface area contributed by atoms with Crippen LogP contribution in [0.5, 0.6) is 0 Å². The Morgan fingerprint density at radius 1 is 1.00 bits per heavy atom. The SMILES string of the molecule is CCc1cccc(CC)c1NC(N)=NCC(=O)Nc1ccc(F)c(F)c1F. The van der Waals surface area contributed by atoms with Crippen LogP contribution in [0.3, 0.4) is 0 Å². The number of nitrogens with two attached hydrogens (primary N) is 1. The zero-order chi connectivity index (χ0) is 20.0. The Kier molecular flexibility index (Phi) is 6.81. The molecule has 0 saturated carbocycles. The maximum absolute atomic E-state index is 13.6. The molecule has 0 aliphatic carbocycles. The van der Waals surface area contributed by atoms with E-state index in [9.17, 15) is 18.0 Å². The number of carbonyl (C=O) groups excluding carboxylic acids is 1. The van der Waals surface area contributed by atoms with Gasteiger partial charge in [-0.05, 0) is 36.1 Å². The second kappa shape index (κ2) is 9.07. The predicted octanol–water partition coefficient (Wildman–Crippen LogP) is 3.59. The molecule has 0 aliphatic heterocycles. The number of aryl methyl sites for hydroxylation is 2. The Hall–Kier alpha value is -3.03. The van der Waals surface area contributed by atoms with Gasteiger partial charge in [-0.2, -0.15) is 0 Å². The fourth-order valence-corrected chi connectivity index (χ4v) is 2.54. The highest BCUT2D eigenvalue weighted by Gasteiger charge is 2.15. The fourth-order valence-electron chi connectivity index (χ4n) is 2.54. The molecule has 2 rings (SSSR count). The van der Waals surface area contributed by atoms with Crippen molar-refractivity contribution < 1.29 is 18.0 Å². The van der Waals surface area contributed by atoms with Crippen molar-refractivity contribution >= 4 is 23.2 Å². The summed E-state index contributed by atoms with van der Waals surface area (Å²) < 4.78 is 39.7. The first-order valence-corrected chi connectivity index (χ1v) is 8.48. The Bertz CT molecular complexity index is 846. The maximum atomic E-state index is 13.6. The molecule has 0 heterocycles. The largest absolute Gasteiger partial charge is 0.370 e. The molecule has 0 spiro atoms. The van der Waals surface area contributed by atoms with Crippen LogP contribution < -0.4 is 16.4 Å². The molecule has 27 heavy (non-hydrogen) atoms. The predicted molar refractivity (Wildman–Crippen MR) is 100 cm³/mol. The Morgan fingerprint density at radius 3 is 2.22 bits per heavy atom. The summed E-state index contributed by atoms with van der Waals surface area (Å²) in [5.74, 6) is -5.16. The number of amides is 1. The average molecular weight is 378 g/mol. The van der Waals surface area contributed by atoms with Gasteiger partial charge in [-0.3, -0.25) is 4.79 Å². The number of guanidine groups is 1. The van der Waals surface area contributed by atoms with Crippen molar-refractivity contribution in [2.45, 2.75) is 26.7 Å². The van der Waals surface area contributed by atoms with Gasteiger partial charge in [0.2, 0.25) is 5.91 Å². The van der Waals surface area contributed by atoms with E-state index < -0.39 is 35.6 Å². The number of nitrogens with one attached hydrogen (secondary N) is 2. The summed E-state index contributed by atoms with van der Waals surface area (Å²) in [5, 5.41) is 5.12. The van der Waals surface area contributed by atoms with Gasteiger partial charge >= 0.3 is 0 Å². The second-order valence-corrected chi connectivity index (χ2v) is 5.76. The molecule has 2 aromatic carbocycles. The van der Waals surface area contributed by atoms with Crippen LogP contribution in [0.15, 0.2) is 35.3 Å². The second-order valence-electron chi connectivity index (χ2n) is 5.76. The smallest absolute Gasteiger partial charge is 0.246 e. The lowest BCUT2D eigenvalue weighted by Crippen LogP contribution is -2.26. The van der Waals surface area contributed by atoms with Gasteiger partial charge in [0.25, 0.3) is 0 Å². The summed E-state index contributed by atoms with van der Waals surface area (Å²) in [4.78, 5) is 15.8. The van der Waals surface area contributed by atoms with Crippen LogP contribution in [0, 0.1) is 17.5 Å². The van der Waals surface area contributed by atoms with Gasteiger partial charge in [-0.25, -0.2) is 18.2 Å². The molecule has 0 atom stereocenters. The highest BCUT2D eigenvalue weighted by molar-refractivity contribution is 5.97. The number of anilines is 2.